The van der Waals surface area contributed by atoms with Crippen molar-refractivity contribution in [3.8, 4) is 5.75 Å². The molecule has 0 fully saturated rings. The molecule has 0 aliphatic rings. The summed E-state index contributed by atoms with van der Waals surface area (Å²) in [5.74, 6) is 0.514. The second-order valence-electron chi connectivity index (χ2n) is 6.46. The third-order valence-corrected chi connectivity index (χ3v) is 4.63. The van der Waals surface area contributed by atoms with Crippen LogP contribution in [0.5, 0.6) is 5.75 Å². The molecular formula is C21H20N2O5. The molecule has 0 radical (unpaired) electrons. The second kappa shape index (κ2) is 8.47. The Kier molecular flexibility index (Phi) is 5.84. The number of carbonyl (C=O) groups is 1. The summed E-state index contributed by atoms with van der Waals surface area (Å²) in [5, 5.41) is 15.1. The van der Waals surface area contributed by atoms with Crippen molar-refractivity contribution in [2.75, 3.05) is 7.11 Å². The van der Waals surface area contributed by atoms with Gasteiger partial charge >= 0.3 is 5.69 Å². The van der Waals surface area contributed by atoms with Crippen LogP contribution in [0.25, 0.3) is 0 Å². The van der Waals surface area contributed by atoms with Gasteiger partial charge in [-0.05, 0) is 42.7 Å². The Morgan fingerprint density at radius 1 is 1.18 bits per heavy atom. The number of carbonyl (C=O) groups excluding carboxylic acids is 1. The van der Waals surface area contributed by atoms with Gasteiger partial charge in [0.2, 0.25) is 5.76 Å². The van der Waals surface area contributed by atoms with Gasteiger partial charge in [0.05, 0.1) is 12.0 Å². The highest BCUT2D eigenvalue weighted by molar-refractivity contribution is 5.96. The molecule has 1 aromatic heterocycles. The van der Waals surface area contributed by atoms with E-state index in [-0.39, 0.29) is 41.7 Å². The van der Waals surface area contributed by atoms with E-state index < -0.39 is 4.92 Å². The topological polar surface area (TPSA) is 95.5 Å². The first kappa shape index (κ1) is 19.3. The molecule has 0 aliphatic carbocycles. The van der Waals surface area contributed by atoms with Crippen molar-refractivity contribution in [3.05, 3.63) is 87.3 Å². The van der Waals surface area contributed by atoms with Crippen LogP contribution in [0.4, 0.5) is 5.69 Å². The fourth-order valence-corrected chi connectivity index (χ4v) is 3.16. The molecule has 7 nitrogen and oxygen atoms in total. The molecule has 28 heavy (non-hydrogen) atoms. The van der Waals surface area contributed by atoms with E-state index in [1.54, 1.807) is 31.4 Å². The molecule has 1 heterocycles. The molecule has 3 aromatic rings. The van der Waals surface area contributed by atoms with Crippen molar-refractivity contribution < 1.29 is 19.0 Å². The number of ketones is 1. The van der Waals surface area contributed by atoms with E-state index in [9.17, 15) is 14.9 Å². The van der Waals surface area contributed by atoms with Gasteiger partial charge in [0.1, 0.15) is 5.75 Å². The van der Waals surface area contributed by atoms with Gasteiger partial charge < -0.3 is 9.26 Å². The zero-order valence-electron chi connectivity index (χ0n) is 15.6. The molecule has 0 amide bonds. The molecule has 0 aliphatic heterocycles. The number of nitrogens with zero attached hydrogens (tertiary/aromatic N) is 2. The zero-order valence-corrected chi connectivity index (χ0v) is 15.6. The maximum absolute atomic E-state index is 12.8. The summed E-state index contributed by atoms with van der Waals surface area (Å²) in [6, 6.07) is 16.3. The highest BCUT2D eigenvalue weighted by atomic mass is 16.6. The number of benzene rings is 2. The van der Waals surface area contributed by atoms with Crippen LogP contribution in [-0.2, 0) is 6.42 Å². The number of Topliss-reactive ketones (excluding diaryl/α,β-unsaturated/α-hetero) is 1. The van der Waals surface area contributed by atoms with Crippen LogP contribution in [0.1, 0.15) is 39.7 Å². The van der Waals surface area contributed by atoms with Crippen molar-refractivity contribution in [2.24, 2.45) is 0 Å². The predicted molar refractivity (Wildman–Crippen MR) is 103 cm³/mol. The van der Waals surface area contributed by atoms with E-state index in [4.69, 9.17) is 9.26 Å². The Labute approximate surface area is 162 Å². The number of methoxy groups -OCH3 is 1. The molecule has 0 saturated heterocycles. The SMILES string of the molecule is COc1ccc(C(=O)C[C@@H](Cc2onc(C)c2[N+](=O)[O-])c2ccccc2)cc1. The maximum Gasteiger partial charge on any atom is 0.334 e. The van der Waals surface area contributed by atoms with Crippen LogP contribution in [0.2, 0.25) is 0 Å². The summed E-state index contributed by atoms with van der Waals surface area (Å²) in [6.45, 7) is 1.53. The van der Waals surface area contributed by atoms with E-state index in [1.165, 1.54) is 6.92 Å². The normalized spacial score (nSPS) is 11.8. The van der Waals surface area contributed by atoms with Gasteiger partial charge in [0.25, 0.3) is 0 Å². The molecular weight excluding hydrogens is 360 g/mol. The second-order valence-corrected chi connectivity index (χ2v) is 6.46. The Morgan fingerprint density at radius 2 is 1.86 bits per heavy atom. The number of aromatic nitrogens is 1. The fourth-order valence-electron chi connectivity index (χ4n) is 3.16. The van der Waals surface area contributed by atoms with Crippen molar-refractivity contribution >= 4 is 11.5 Å². The highest BCUT2D eigenvalue weighted by Crippen LogP contribution is 2.31. The van der Waals surface area contributed by atoms with Crippen LogP contribution in [0.15, 0.2) is 59.1 Å². The lowest BCUT2D eigenvalue weighted by Crippen LogP contribution is -2.11. The van der Waals surface area contributed by atoms with Gasteiger partial charge in [-0.1, -0.05) is 35.5 Å². The first-order chi connectivity index (χ1) is 13.5. The number of hydrogen-bond acceptors (Lipinski definition) is 6. The number of nitro groups is 1. The van der Waals surface area contributed by atoms with Gasteiger partial charge in [-0.15, -0.1) is 0 Å². The van der Waals surface area contributed by atoms with Crippen molar-refractivity contribution in [1.29, 1.82) is 0 Å². The zero-order chi connectivity index (χ0) is 20.1. The summed E-state index contributed by atoms with van der Waals surface area (Å²) in [6.07, 6.45) is 0.399. The van der Waals surface area contributed by atoms with Gasteiger partial charge in [-0.25, -0.2) is 0 Å². The smallest absolute Gasteiger partial charge is 0.334 e. The van der Waals surface area contributed by atoms with Crippen LogP contribution >= 0.6 is 0 Å². The highest BCUT2D eigenvalue weighted by Gasteiger charge is 2.28. The Hall–Kier alpha value is -3.48. The number of hydrogen-bond donors (Lipinski definition) is 0. The van der Waals surface area contributed by atoms with Crippen molar-refractivity contribution in [2.45, 2.75) is 25.7 Å². The Bertz CT molecular complexity index is 964. The van der Waals surface area contributed by atoms with Crippen molar-refractivity contribution in [3.63, 3.8) is 0 Å². The Morgan fingerprint density at radius 3 is 2.46 bits per heavy atom. The van der Waals surface area contributed by atoms with E-state index in [2.05, 4.69) is 5.16 Å². The predicted octanol–water partition coefficient (Wildman–Crippen LogP) is 4.50. The molecule has 7 heteroatoms. The van der Waals surface area contributed by atoms with Gasteiger partial charge in [0.15, 0.2) is 11.5 Å². The summed E-state index contributed by atoms with van der Waals surface area (Å²) in [5.41, 5.74) is 1.57. The average Bonchev–Trinajstić information content (AvgIpc) is 3.08. The molecule has 2 aromatic carbocycles. The summed E-state index contributed by atoms with van der Waals surface area (Å²) in [4.78, 5) is 23.7. The molecule has 0 N–H and O–H groups in total. The van der Waals surface area contributed by atoms with Crippen LogP contribution in [0, 0.1) is 17.0 Å². The van der Waals surface area contributed by atoms with Crippen LogP contribution < -0.4 is 4.74 Å². The first-order valence-corrected chi connectivity index (χ1v) is 8.81. The summed E-state index contributed by atoms with van der Waals surface area (Å²) in [7, 11) is 1.56. The molecule has 3 rings (SSSR count). The maximum atomic E-state index is 12.8. The third kappa shape index (κ3) is 4.25. The molecule has 0 saturated carbocycles. The lowest BCUT2D eigenvalue weighted by atomic mass is 9.88. The number of aryl methyl sites for hydroxylation is 1. The van der Waals surface area contributed by atoms with Gasteiger partial charge in [-0.2, -0.15) is 0 Å². The van der Waals surface area contributed by atoms with Crippen LogP contribution in [0.3, 0.4) is 0 Å². The lowest BCUT2D eigenvalue weighted by Gasteiger charge is -2.15. The van der Waals surface area contributed by atoms with E-state index in [0.29, 0.717) is 11.3 Å². The van der Waals surface area contributed by atoms with Crippen molar-refractivity contribution in [1.82, 2.24) is 5.16 Å². The third-order valence-electron chi connectivity index (χ3n) is 4.63. The molecule has 0 bridgehead atoms. The van der Waals surface area contributed by atoms with Crippen LogP contribution in [-0.4, -0.2) is 23.0 Å². The summed E-state index contributed by atoms with van der Waals surface area (Å²) >= 11 is 0. The number of rotatable bonds is 8. The van der Waals surface area contributed by atoms with Gasteiger partial charge in [0, 0.05) is 18.4 Å². The number of ether oxygens (including phenoxy) is 1. The minimum absolute atomic E-state index is 0.0598. The lowest BCUT2D eigenvalue weighted by molar-refractivity contribution is -0.386. The average molecular weight is 380 g/mol. The standard InChI is InChI=1S/C21H20N2O5/c1-14-21(23(25)26)20(28-22-14)13-17(15-6-4-3-5-7-15)12-19(24)16-8-10-18(27-2)11-9-16/h3-11,17H,12-13H2,1-2H3/t17-/m0/s1. The quantitative estimate of drug-likeness (QED) is 0.324. The molecule has 0 unspecified atom stereocenters. The largest absolute Gasteiger partial charge is 0.497 e. The summed E-state index contributed by atoms with van der Waals surface area (Å²) < 4.78 is 10.3. The molecule has 144 valence electrons. The molecule has 0 spiro atoms. The van der Waals surface area contributed by atoms with Gasteiger partial charge in [-0.3, -0.25) is 14.9 Å². The minimum Gasteiger partial charge on any atom is -0.497 e. The first-order valence-electron chi connectivity index (χ1n) is 8.81. The fraction of sp³-hybridized carbons (Fsp3) is 0.238. The van der Waals surface area contributed by atoms with E-state index in [0.717, 1.165) is 5.56 Å². The van der Waals surface area contributed by atoms with E-state index >= 15 is 0 Å². The minimum atomic E-state index is -0.492. The van der Waals surface area contributed by atoms with E-state index in [1.807, 2.05) is 30.3 Å². The molecule has 1 atom stereocenters. The Balaban J connectivity index is 1.87. The monoisotopic (exact) mass is 380 g/mol.